The summed E-state index contributed by atoms with van der Waals surface area (Å²) in [4.78, 5) is 0. The van der Waals surface area contributed by atoms with Crippen molar-refractivity contribution in [1.82, 2.24) is 10.6 Å². The number of hydrogen-bond acceptors (Lipinski definition) is 4. The van der Waals surface area contributed by atoms with Crippen LogP contribution in [0.15, 0.2) is 18.2 Å². The summed E-state index contributed by atoms with van der Waals surface area (Å²) in [5, 5.41) is 6.84. The van der Waals surface area contributed by atoms with Crippen LogP contribution < -0.4 is 20.1 Å². The van der Waals surface area contributed by atoms with Crippen molar-refractivity contribution in [2.75, 3.05) is 27.3 Å². The lowest BCUT2D eigenvalue weighted by Gasteiger charge is -2.20. The van der Waals surface area contributed by atoms with Crippen LogP contribution in [-0.2, 0) is 6.54 Å². The first kappa shape index (κ1) is 15.8. The van der Waals surface area contributed by atoms with Gasteiger partial charge in [-0.15, -0.1) is 0 Å². The van der Waals surface area contributed by atoms with Crippen molar-refractivity contribution in [3.63, 3.8) is 0 Å². The fourth-order valence-corrected chi connectivity index (χ4v) is 1.75. The molecule has 108 valence electrons. The van der Waals surface area contributed by atoms with Gasteiger partial charge in [0.25, 0.3) is 0 Å². The molecule has 0 heterocycles. The van der Waals surface area contributed by atoms with Gasteiger partial charge >= 0.3 is 0 Å². The SMILES string of the molecule is COc1ccc(CNCCNC(C)(C)C)c(OC)c1. The Morgan fingerprint density at radius 3 is 2.37 bits per heavy atom. The Hall–Kier alpha value is -1.26. The fourth-order valence-electron chi connectivity index (χ4n) is 1.75. The van der Waals surface area contributed by atoms with Crippen molar-refractivity contribution in [1.29, 1.82) is 0 Å². The van der Waals surface area contributed by atoms with Crippen LogP contribution in [0.4, 0.5) is 0 Å². The van der Waals surface area contributed by atoms with Gasteiger partial charge in [-0.05, 0) is 26.8 Å². The predicted molar refractivity (Wildman–Crippen MR) is 79.0 cm³/mol. The van der Waals surface area contributed by atoms with E-state index in [1.54, 1.807) is 14.2 Å². The molecule has 19 heavy (non-hydrogen) atoms. The van der Waals surface area contributed by atoms with Crippen molar-refractivity contribution in [3.8, 4) is 11.5 Å². The van der Waals surface area contributed by atoms with E-state index in [2.05, 4.69) is 31.4 Å². The highest BCUT2D eigenvalue weighted by Crippen LogP contribution is 2.24. The quantitative estimate of drug-likeness (QED) is 0.742. The second-order valence-electron chi connectivity index (χ2n) is 5.53. The van der Waals surface area contributed by atoms with Crippen LogP contribution >= 0.6 is 0 Å². The lowest BCUT2D eigenvalue weighted by molar-refractivity contribution is 0.388. The highest BCUT2D eigenvalue weighted by atomic mass is 16.5. The molecule has 0 saturated heterocycles. The molecule has 1 aromatic carbocycles. The summed E-state index contributed by atoms with van der Waals surface area (Å²) < 4.78 is 10.5. The molecule has 0 amide bonds. The van der Waals surface area contributed by atoms with E-state index in [0.29, 0.717) is 0 Å². The van der Waals surface area contributed by atoms with Crippen LogP contribution in [-0.4, -0.2) is 32.8 Å². The average Bonchev–Trinajstić information content (AvgIpc) is 2.37. The van der Waals surface area contributed by atoms with Gasteiger partial charge in [0.2, 0.25) is 0 Å². The zero-order valence-electron chi connectivity index (χ0n) is 12.7. The number of hydrogen-bond donors (Lipinski definition) is 2. The molecule has 4 heteroatoms. The largest absolute Gasteiger partial charge is 0.497 e. The molecule has 0 aromatic heterocycles. The van der Waals surface area contributed by atoms with Gasteiger partial charge in [0.05, 0.1) is 14.2 Å². The van der Waals surface area contributed by atoms with Crippen LogP contribution in [0.3, 0.4) is 0 Å². The fraction of sp³-hybridized carbons (Fsp3) is 0.600. The molecule has 2 N–H and O–H groups in total. The van der Waals surface area contributed by atoms with Crippen molar-refractivity contribution in [2.24, 2.45) is 0 Å². The van der Waals surface area contributed by atoms with Crippen molar-refractivity contribution >= 4 is 0 Å². The first-order valence-corrected chi connectivity index (χ1v) is 6.63. The van der Waals surface area contributed by atoms with E-state index in [-0.39, 0.29) is 5.54 Å². The molecule has 0 atom stereocenters. The van der Waals surface area contributed by atoms with E-state index in [1.165, 1.54) is 0 Å². The molecule has 1 rings (SSSR count). The molecule has 0 fully saturated rings. The molecule has 0 spiro atoms. The Balaban J connectivity index is 2.41. The predicted octanol–water partition coefficient (Wildman–Crippen LogP) is 2.18. The molecule has 4 nitrogen and oxygen atoms in total. The summed E-state index contributed by atoms with van der Waals surface area (Å²) in [5.41, 5.74) is 1.30. The maximum Gasteiger partial charge on any atom is 0.127 e. The minimum atomic E-state index is 0.166. The van der Waals surface area contributed by atoms with Gasteiger partial charge < -0.3 is 20.1 Å². The van der Waals surface area contributed by atoms with Crippen LogP contribution in [0.5, 0.6) is 11.5 Å². The topological polar surface area (TPSA) is 42.5 Å². The molecular weight excluding hydrogens is 240 g/mol. The van der Waals surface area contributed by atoms with Crippen LogP contribution in [0.1, 0.15) is 26.3 Å². The lowest BCUT2D eigenvalue weighted by atomic mass is 10.1. The number of rotatable bonds is 7. The van der Waals surface area contributed by atoms with Gasteiger partial charge in [-0.3, -0.25) is 0 Å². The molecule has 0 unspecified atom stereocenters. The summed E-state index contributed by atoms with van der Waals surface area (Å²) in [6.45, 7) is 9.16. The second kappa shape index (κ2) is 7.36. The Morgan fingerprint density at radius 2 is 1.79 bits per heavy atom. The van der Waals surface area contributed by atoms with E-state index in [1.807, 2.05) is 18.2 Å². The monoisotopic (exact) mass is 266 g/mol. The third-order valence-corrected chi connectivity index (χ3v) is 2.77. The zero-order chi connectivity index (χ0) is 14.3. The number of benzene rings is 1. The summed E-state index contributed by atoms with van der Waals surface area (Å²) >= 11 is 0. The standard InChI is InChI=1S/C15H26N2O2/c1-15(2,3)17-9-8-16-11-12-6-7-13(18-4)10-14(12)19-5/h6-7,10,16-17H,8-9,11H2,1-5H3. The third kappa shape index (κ3) is 5.94. The minimum Gasteiger partial charge on any atom is -0.497 e. The Labute approximate surface area is 116 Å². The van der Waals surface area contributed by atoms with E-state index < -0.39 is 0 Å². The molecule has 0 aliphatic heterocycles. The maximum atomic E-state index is 5.36. The number of ether oxygens (including phenoxy) is 2. The van der Waals surface area contributed by atoms with E-state index in [0.717, 1.165) is 36.7 Å². The van der Waals surface area contributed by atoms with Gasteiger partial charge in [0.1, 0.15) is 11.5 Å². The summed E-state index contributed by atoms with van der Waals surface area (Å²) in [6.07, 6.45) is 0. The molecular formula is C15H26N2O2. The third-order valence-electron chi connectivity index (χ3n) is 2.77. The maximum absolute atomic E-state index is 5.36. The molecule has 0 aliphatic carbocycles. The minimum absolute atomic E-state index is 0.166. The van der Waals surface area contributed by atoms with Crippen LogP contribution in [0.25, 0.3) is 0 Å². The molecule has 0 saturated carbocycles. The van der Waals surface area contributed by atoms with Gasteiger partial charge in [-0.25, -0.2) is 0 Å². The average molecular weight is 266 g/mol. The molecule has 0 bridgehead atoms. The van der Waals surface area contributed by atoms with Crippen molar-refractivity contribution in [2.45, 2.75) is 32.9 Å². The summed E-state index contributed by atoms with van der Waals surface area (Å²) in [6, 6.07) is 5.89. The molecule has 0 radical (unpaired) electrons. The first-order chi connectivity index (χ1) is 8.96. The molecule has 1 aromatic rings. The van der Waals surface area contributed by atoms with Gasteiger partial charge in [-0.2, -0.15) is 0 Å². The smallest absolute Gasteiger partial charge is 0.127 e. The number of nitrogens with one attached hydrogen (secondary N) is 2. The highest BCUT2D eigenvalue weighted by molar-refractivity contribution is 5.40. The van der Waals surface area contributed by atoms with Gasteiger partial charge in [0.15, 0.2) is 0 Å². The summed E-state index contributed by atoms with van der Waals surface area (Å²) in [5.74, 6) is 1.67. The van der Waals surface area contributed by atoms with E-state index >= 15 is 0 Å². The van der Waals surface area contributed by atoms with Crippen molar-refractivity contribution < 1.29 is 9.47 Å². The zero-order valence-corrected chi connectivity index (χ0v) is 12.7. The van der Waals surface area contributed by atoms with Gasteiger partial charge in [-0.1, -0.05) is 6.07 Å². The molecule has 0 aliphatic rings. The Kier molecular flexibility index (Phi) is 6.12. The highest BCUT2D eigenvalue weighted by Gasteiger charge is 2.08. The Morgan fingerprint density at radius 1 is 1.05 bits per heavy atom. The van der Waals surface area contributed by atoms with Crippen LogP contribution in [0, 0.1) is 0 Å². The van der Waals surface area contributed by atoms with E-state index in [9.17, 15) is 0 Å². The van der Waals surface area contributed by atoms with Crippen LogP contribution in [0.2, 0.25) is 0 Å². The first-order valence-electron chi connectivity index (χ1n) is 6.63. The second-order valence-corrected chi connectivity index (χ2v) is 5.53. The number of methoxy groups -OCH3 is 2. The lowest BCUT2D eigenvalue weighted by Crippen LogP contribution is -2.40. The summed E-state index contributed by atoms with van der Waals surface area (Å²) in [7, 11) is 3.34. The normalized spacial score (nSPS) is 11.4. The van der Waals surface area contributed by atoms with E-state index in [4.69, 9.17) is 9.47 Å². The van der Waals surface area contributed by atoms with Gasteiger partial charge in [0, 0.05) is 36.8 Å². The van der Waals surface area contributed by atoms with Crippen molar-refractivity contribution in [3.05, 3.63) is 23.8 Å². The Bertz CT molecular complexity index is 386.